The second kappa shape index (κ2) is 5.47. The molecule has 0 saturated carbocycles. The first-order valence-electron chi connectivity index (χ1n) is 6.87. The molecule has 2 N–H and O–H groups in total. The molecule has 106 valence electrons. The average molecular weight is 265 g/mol. The van der Waals surface area contributed by atoms with Crippen LogP contribution in [0.1, 0.15) is 20.3 Å². The minimum atomic E-state index is -0.182. The summed E-state index contributed by atoms with van der Waals surface area (Å²) in [7, 11) is 2.13. The third-order valence-electron chi connectivity index (χ3n) is 3.78. The Morgan fingerprint density at radius 2 is 2.16 bits per heavy atom. The molecule has 1 saturated heterocycles. The van der Waals surface area contributed by atoms with Gasteiger partial charge < -0.3 is 15.5 Å². The largest absolute Gasteiger partial charge is 0.361 e. The normalized spacial score (nSPS) is 23.6. The summed E-state index contributed by atoms with van der Waals surface area (Å²) in [6.45, 7) is 7.00. The van der Waals surface area contributed by atoms with Crippen LogP contribution in [-0.2, 0) is 0 Å². The molecule has 0 radical (unpaired) electrons. The summed E-state index contributed by atoms with van der Waals surface area (Å²) >= 11 is 0. The van der Waals surface area contributed by atoms with Crippen LogP contribution < -0.4 is 10.6 Å². The van der Waals surface area contributed by atoms with Crippen molar-refractivity contribution in [2.75, 3.05) is 31.6 Å². The maximum absolute atomic E-state index is 13.5. The molecule has 19 heavy (non-hydrogen) atoms. The van der Waals surface area contributed by atoms with Crippen LogP contribution in [0.4, 0.5) is 10.1 Å². The van der Waals surface area contributed by atoms with E-state index in [0.717, 1.165) is 25.2 Å². The van der Waals surface area contributed by atoms with Gasteiger partial charge in [-0.2, -0.15) is 0 Å². The van der Waals surface area contributed by atoms with E-state index in [9.17, 15) is 4.39 Å². The van der Waals surface area contributed by atoms with E-state index >= 15 is 0 Å². The Labute approximate surface area is 115 Å². The lowest BCUT2D eigenvalue weighted by Gasteiger charge is -2.52. The first-order valence-corrected chi connectivity index (χ1v) is 6.87. The van der Waals surface area contributed by atoms with Crippen molar-refractivity contribution >= 4 is 5.69 Å². The first-order chi connectivity index (χ1) is 8.94. The van der Waals surface area contributed by atoms with E-state index in [1.165, 1.54) is 6.07 Å². The maximum atomic E-state index is 13.5. The van der Waals surface area contributed by atoms with Gasteiger partial charge in [-0.1, -0.05) is 6.07 Å². The standard InChI is InChI=1S/C15H24FN3/c1-15(2)11-18(3)10-14(7-8-17)19(15)13-6-4-5-12(16)9-13/h4-6,9,14H,7-8,10-11,17H2,1-3H3. The van der Waals surface area contributed by atoms with Crippen LogP contribution in [-0.4, -0.2) is 43.2 Å². The molecule has 2 rings (SSSR count). The van der Waals surface area contributed by atoms with E-state index in [2.05, 4.69) is 30.7 Å². The van der Waals surface area contributed by atoms with Crippen LogP contribution in [0.25, 0.3) is 0 Å². The Balaban J connectivity index is 2.36. The molecule has 4 heteroatoms. The Kier molecular flexibility index (Phi) is 4.11. The zero-order chi connectivity index (χ0) is 14.0. The fourth-order valence-electron chi connectivity index (χ4n) is 3.34. The highest BCUT2D eigenvalue weighted by molar-refractivity contribution is 5.51. The molecule has 3 nitrogen and oxygen atoms in total. The average Bonchev–Trinajstić information content (AvgIpc) is 2.26. The molecule has 1 heterocycles. The molecular formula is C15H24FN3. The van der Waals surface area contributed by atoms with E-state index in [1.807, 2.05) is 6.07 Å². The predicted octanol–water partition coefficient (Wildman–Crippen LogP) is 2.07. The summed E-state index contributed by atoms with van der Waals surface area (Å²) in [6, 6.07) is 7.21. The second-order valence-corrected chi connectivity index (χ2v) is 6.09. The Hall–Kier alpha value is -1.13. The maximum Gasteiger partial charge on any atom is 0.125 e. The van der Waals surface area contributed by atoms with Crippen LogP contribution in [0, 0.1) is 5.82 Å². The van der Waals surface area contributed by atoms with Crippen LogP contribution in [0.3, 0.4) is 0 Å². The number of piperazine rings is 1. The first kappa shape index (κ1) is 14.3. The number of anilines is 1. The predicted molar refractivity (Wildman–Crippen MR) is 77.9 cm³/mol. The number of nitrogens with two attached hydrogens (primary N) is 1. The number of nitrogens with zero attached hydrogens (tertiary/aromatic N) is 2. The van der Waals surface area contributed by atoms with Gasteiger partial charge in [0, 0.05) is 30.4 Å². The van der Waals surface area contributed by atoms with Gasteiger partial charge in [0.15, 0.2) is 0 Å². The lowest BCUT2D eigenvalue weighted by Crippen LogP contribution is -2.63. The summed E-state index contributed by atoms with van der Waals surface area (Å²) in [5.74, 6) is -0.182. The third kappa shape index (κ3) is 3.07. The fourth-order valence-corrected chi connectivity index (χ4v) is 3.34. The van der Waals surface area contributed by atoms with Crippen LogP contribution in [0.5, 0.6) is 0 Å². The second-order valence-electron chi connectivity index (χ2n) is 6.09. The molecule has 0 aromatic heterocycles. The van der Waals surface area contributed by atoms with E-state index in [0.29, 0.717) is 12.6 Å². The quantitative estimate of drug-likeness (QED) is 0.908. The molecule has 0 amide bonds. The smallest absolute Gasteiger partial charge is 0.125 e. The topological polar surface area (TPSA) is 32.5 Å². The van der Waals surface area contributed by atoms with Crippen LogP contribution >= 0.6 is 0 Å². The zero-order valence-corrected chi connectivity index (χ0v) is 12.1. The Morgan fingerprint density at radius 3 is 2.79 bits per heavy atom. The van der Waals surface area contributed by atoms with E-state index in [-0.39, 0.29) is 11.4 Å². The van der Waals surface area contributed by atoms with Gasteiger partial charge in [0.25, 0.3) is 0 Å². The number of likely N-dealkylation sites (N-methyl/N-ethyl adjacent to an activating group) is 1. The zero-order valence-electron chi connectivity index (χ0n) is 12.1. The van der Waals surface area contributed by atoms with Gasteiger partial charge in [0.1, 0.15) is 5.82 Å². The molecule has 1 atom stereocenters. The van der Waals surface area contributed by atoms with Crippen molar-refractivity contribution in [3.05, 3.63) is 30.1 Å². The molecule has 1 aromatic rings. The molecule has 1 fully saturated rings. The number of benzene rings is 1. The van der Waals surface area contributed by atoms with Gasteiger partial charge in [0.05, 0.1) is 0 Å². The van der Waals surface area contributed by atoms with Gasteiger partial charge in [-0.25, -0.2) is 4.39 Å². The molecule has 1 aromatic carbocycles. The third-order valence-corrected chi connectivity index (χ3v) is 3.78. The minimum absolute atomic E-state index is 0.0272. The summed E-state index contributed by atoms with van der Waals surface area (Å²) in [4.78, 5) is 4.67. The lowest BCUT2D eigenvalue weighted by atomic mass is 9.92. The number of hydrogen-bond acceptors (Lipinski definition) is 3. The minimum Gasteiger partial charge on any atom is -0.361 e. The van der Waals surface area contributed by atoms with Crippen molar-refractivity contribution in [3.63, 3.8) is 0 Å². The molecule has 0 spiro atoms. The highest BCUT2D eigenvalue weighted by atomic mass is 19.1. The molecular weight excluding hydrogens is 241 g/mol. The number of rotatable bonds is 3. The van der Waals surface area contributed by atoms with E-state index < -0.39 is 0 Å². The number of hydrogen-bond donors (Lipinski definition) is 1. The summed E-state index contributed by atoms with van der Waals surface area (Å²) < 4.78 is 13.5. The van der Waals surface area contributed by atoms with Gasteiger partial charge >= 0.3 is 0 Å². The Bertz CT molecular complexity index is 433. The summed E-state index contributed by atoms with van der Waals surface area (Å²) in [6.07, 6.45) is 0.921. The van der Waals surface area contributed by atoms with Gasteiger partial charge in [-0.3, -0.25) is 0 Å². The highest BCUT2D eigenvalue weighted by Crippen LogP contribution is 2.32. The molecule has 0 aliphatic carbocycles. The molecule has 1 aliphatic heterocycles. The van der Waals surface area contributed by atoms with Crippen molar-refractivity contribution in [1.29, 1.82) is 0 Å². The van der Waals surface area contributed by atoms with Crippen molar-refractivity contribution in [1.82, 2.24) is 4.90 Å². The van der Waals surface area contributed by atoms with E-state index in [1.54, 1.807) is 12.1 Å². The van der Waals surface area contributed by atoms with Gasteiger partial charge in [0.2, 0.25) is 0 Å². The highest BCUT2D eigenvalue weighted by Gasteiger charge is 2.38. The molecule has 1 aliphatic rings. The van der Waals surface area contributed by atoms with Crippen molar-refractivity contribution < 1.29 is 4.39 Å². The van der Waals surface area contributed by atoms with Gasteiger partial charge in [-0.15, -0.1) is 0 Å². The van der Waals surface area contributed by atoms with Gasteiger partial charge in [-0.05, 0) is 52.1 Å². The van der Waals surface area contributed by atoms with Crippen molar-refractivity contribution in [3.8, 4) is 0 Å². The molecule has 1 unspecified atom stereocenters. The summed E-state index contributed by atoms with van der Waals surface area (Å²) in [5, 5.41) is 0. The van der Waals surface area contributed by atoms with Crippen molar-refractivity contribution in [2.24, 2.45) is 5.73 Å². The van der Waals surface area contributed by atoms with Crippen molar-refractivity contribution in [2.45, 2.75) is 31.8 Å². The lowest BCUT2D eigenvalue weighted by molar-refractivity contribution is 0.176. The number of halogens is 1. The van der Waals surface area contributed by atoms with Crippen LogP contribution in [0.15, 0.2) is 24.3 Å². The molecule has 0 bridgehead atoms. The Morgan fingerprint density at radius 1 is 1.42 bits per heavy atom. The summed E-state index contributed by atoms with van der Waals surface area (Å²) in [5.41, 5.74) is 6.67. The van der Waals surface area contributed by atoms with E-state index in [4.69, 9.17) is 5.73 Å². The van der Waals surface area contributed by atoms with Crippen LogP contribution in [0.2, 0.25) is 0 Å². The fraction of sp³-hybridized carbons (Fsp3) is 0.600. The monoisotopic (exact) mass is 265 g/mol. The SMILES string of the molecule is CN1CC(CCN)N(c2cccc(F)c2)C(C)(C)C1.